The summed E-state index contributed by atoms with van der Waals surface area (Å²) in [6, 6.07) is 0. The molecule has 0 aliphatic rings. The van der Waals surface area contributed by atoms with Gasteiger partial charge in [0.2, 0.25) is 0 Å². The fourth-order valence-electron chi connectivity index (χ4n) is 0.139. The summed E-state index contributed by atoms with van der Waals surface area (Å²) in [4.78, 5) is 31.0. The Morgan fingerprint density at radius 3 is 1.15 bits per heavy atom. The van der Waals surface area contributed by atoms with E-state index in [4.69, 9.17) is 19.6 Å². The average molecular weight is 236 g/mol. The molecule has 0 saturated heterocycles. The topological polar surface area (TPSA) is 124 Å². The van der Waals surface area contributed by atoms with Crippen molar-refractivity contribution in [3.05, 3.63) is 0 Å². The van der Waals surface area contributed by atoms with Gasteiger partial charge in [-0.15, -0.1) is 0 Å². The Bertz CT molecular complexity index is 181. The predicted molar refractivity (Wildman–Crippen MR) is 45.8 cm³/mol. The summed E-state index contributed by atoms with van der Waals surface area (Å²) in [5.41, 5.74) is 0. The zero-order valence-corrected chi connectivity index (χ0v) is 9.11. The van der Waals surface area contributed by atoms with Crippen LogP contribution in [0.25, 0.3) is 0 Å². The van der Waals surface area contributed by atoms with Crippen LogP contribution < -0.4 is 0 Å². The Morgan fingerprint density at radius 1 is 0.923 bits per heavy atom. The molecule has 9 heteroatoms. The van der Waals surface area contributed by atoms with Crippen LogP contribution in [0.1, 0.15) is 26.7 Å². The van der Waals surface area contributed by atoms with Crippen molar-refractivity contribution in [2.24, 2.45) is 0 Å². The van der Waals surface area contributed by atoms with Crippen LogP contribution >= 0.6 is 15.6 Å². The largest absolute Gasteiger partial charge is 0.478 e. The third-order valence-corrected chi connectivity index (χ3v) is 2.41. The molecule has 0 radical (unpaired) electrons. The molecular weight excluding hydrogens is 222 g/mol. The van der Waals surface area contributed by atoms with E-state index in [0.717, 1.165) is 0 Å². The Kier molecular flexibility index (Phi) is 8.07. The quantitative estimate of drug-likeness (QED) is 0.538. The molecule has 0 rings (SSSR count). The molecular formula is C4H14O7P2. The highest BCUT2D eigenvalue weighted by Crippen LogP contribution is 2.53. The summed E-state index contributed by atoms with van der Waals surface area (Å²) in [7, 11) is -10.1. The lowest BCUT2D eigenvalue weighted by molar-refractivity contribution is 0.225. The van der Waals surface area contributed by atoms with E-state index >= 15 is 0 Å². The third kappa shape index (κ3) is 24.5. The van der Waals surface area contributed by atoms with Crippen molar-refractivity contribution >= 4 is 15.6 Å². The van der Waals surface area contributed by atoms with E-state index in [-0.39, 0.29) is 0 Å². The molecule has 0 unspecified atom stereocenters. The lowest BCUT2D eigenvalue weighted by Gasteiger charge is -2.03. The molecule has 0 atom stereocenters. The fourth-order valence-corrected chi connectivity index (χ4v) is 1.25. The van der Waals surface area contributed by atoms with E-state index in [1.165, 1.54) is 12.8 Å². The second-order valence-corrected chi connectivity index (χ2v) is 4.68. The SMILES string of the molecule is CCCC.O=P(O)(O)OP(=O)(O)O. The van der Waals surface area contributed by atoms with Crippen molar-refractivity contribution in [2.75, 3.05) is 0 Å². The highest BCUT2D eigenvalue weighted by atomic mass is 31.3. The molecule has 0 aromatic heterocycles. The van der Waals surface area contributed by atoms with Crippen LogP contribution in [0.15, 0.2) is 0 Å². The van der Waals surface area contributed by atoms with Gasteiger partial charge in [-0.05, 0) is 0 Å². The van der Waals surface area contributed by atoms with E-state index in [2.05, 4.69) is 18.2 Å². The van der Waals surface area contributed by atoms with Crippen molar-refractivity contribution in [2.45, 2.75) is 26.7 Å². The average Bonchev–Trinajstić information content (AvgIpc) is 1.80. The first kappa shape index (κ1) is 15.7. The fraction of sp³-hybridized carbons (Fsp3) is 1.00. The maximum atomic E-state index is 9.63. The molecule has 0 aliphatic carbocycles. The minimum absolute atomic E-state index is 1.32. The minimum Gasteiger partial charge on any atom is -0.302 e. The number of rotatable bonds is 3. The molecule has 4 N–H and O–H groups in total. The normalized spacial score (nSPS) is 11.8. The van der Waals surface area contributed by atoms with Crippen molar-refractivity contribution in [1.29, 1.82) is 0 Å². The minimum atomic E-state index is -5.05. The van der Waals surface area contributed by atoms with E-state index < -0.39 is 15.6 Å². The van der Waals surface area contributed by atoms with Gasteiger partial charge in [-0.25, -0.2) is 9.13 Å². The zero-order valence-electron chi connectivity index (χ0n) is 7.32. The molecule has 0 fully saturated rings. The highest BCUT2D eigenvalue weighted by molar-refractivity contribution is 7.60. The second-order valence-electron chi connectivity index (χ2n) is 2.06. The van der Waals surface area contributed by atoms with Crippen molar-refractivity contribution in [3.8, 4) is 0 Å². The van der Waals surface area contributed by atoms with Crippen LogP contribution in [0, 0.1) is 0 Å². The van der Waals surface area contributed by atoms with Gasteiger partial charge in [-0.1, -0.05) is 26.7 Å². The van der Waals surface area contributed by atoms with E-state index in [9.17, 15) is 9.13 Å². The molecule has 0 aromatic carbocycles. The van der Waals surface area contributed by atoms with Gasteiger partial charge in [0, 0.05) is 0 Å². The molecule has 0 heterocycles. The van der Waals surface area contributed by atoms with Crippen LogP contribution in [0.3, 0.4) is 0 Å². The summed E-state index contributed by atoms with van der Waals surface area (Å²) in [5.74, 6) is 0. The van der Waals surface area contributed by atoms with Gasteiger partial charge in [-0.2, -0.15) is 4.31 Å². The van der Waals surface area contributed by atoms with Crippen molar-refractivity contribution in [1.82, 2.24) is 0 Å². The molecule has 0 amide bonds. The highest BCUT2D eigenvalue weighted by Gasteiger charge is 2.27. The molecule has 0 saturated carbocycles. The third-order valence-electron chi connectivity index (χ3n) is 0.713. The van der Waals surface area contributed by atoms with Crippen molar-refractivity contribution < 1.29 is 33.0 Å². The zero-order chi connectivity index (χ0) is 11.1. The maximum Gasteiger partial charge on any atom is 0.478 e. The first-order chi connectivity index (χ1) is 5.62. The first-order valence-electron chi connectivity index (χ1n) is 3.44. The Balaban J connectivity index is 0. The van der Waals surface area contributed by atoms with Gasteiger partial charge in [0.15, 0.2) is 0 Å². The number of hydrogen-bond acceptors (Lipinski definition) is 3. The molecule has 0 spiro atoms. The van der Waals surface area contributed by atoms with E-state index in [1.54, 1.807) is 0 Å². The van der Waals surface area contributed by atoms with Crippen LogP contribution in [-0.2, 0) is 13.4 Å². The molecule has 13 heavy (non-hydrogen) atoms. The Hall–Kier alpha value is 0.260. The first-order valence-corrected chi connectivity index (χ1v) is 6.51. The molecule has 0 bridgehead atoms. The van der Waals surface area contributed by atoms with E-state index in [0.29, 0.717) is 0 Å². The number of hydrogen-bond donors (Lipinski definition) is 4. The van der Waals surface area contributed by atoms with Gasteiger partial charge >= 0.3 is 15.6 Å². The lowest BCUT2D eigenvalue weighted by Crippen LogP contribution is -1.84. The molecule has 82 valence electrons. The van der Waals surface area contributed by atoms with Gasteiger partial charge in [0.25, 0.3) is 0 Å². The van der Waals surface area contributed by atoms with Gasteiger partial charge < -0.3 is 19.6 Å². The maximum absolute atomic E-state index is 9.63. The second kappa shape index (κ2) is 6.68. The lowest BCUT2D eigenvalue weighted by atomic mass is 10.4. The summed E-state index contributed by atoms with van der Waals surface area (Å²) in [5, 5.41) is 0. The monoisotopic (exact) mass is 236 g/mol. The molecule has 0 aliphatic heterocycles. The molecule has 0 aromatic rings. The van der Waals surface area contributed by atoms with Gasteiger partial charge in [0.05, 0.1) is 0 Å². The van der Waals surface area contributed by atoms with Crippen LogP contribution in [0.4, 0.5) is 0 Å². The standard InChI is InChI=1S/C4H10.H4O7P2/c1-3-4-2;1-8(2,3)7-9(4,5)6/h3-4H2,1-2H3;(H2,1,2,3)(H2,4,5,6). The summed E-state index contributed by atoms with van der Waals surface area (Å²) < 4.78 is 22.2. The van der Waals surface area contributed by atoms with Crippen molar-refractivity contribution in [3.63, 3.8) is 0 Å². The van der Waals surface area contributed by atoms with Gasteiger partial charge in [0.1, 0.15) is 0 Å². The van der Waals surface area contributed by atoms with Crippen LogP contribution in [0.2, 0.25) is 0 Å². The predicted octanol–water partition coefficient (Wildman–Crippen LogP) is 0.995. The Labute approximate surface area is 76.2 Å². The molecule has 7 nitrogen and oxygen atoms in total. The van der Waals surface area contributed by atoms with Crippen LogP contribution in [-0.4, -0.2) is 19.6 Å². The smallest absolute Gasteiger partial charge is 0.302 e. The number of unbranched alkanes of at least 4 members (excludes halogenated alkanes) is 1. The van der Waals surface area contributed by atoms with Gasteiger partial charge in [-0.3, -0.25) is 0 Å². The van der Waals surface area contributed by atoms with E-state index in [1.807, 2.05) is 0 Å². The summed E-state index contributed by atoms with van der Waals surface area (Å²) >= 11 is 0. The number of phosphoric acid groups is 2. The Morgan fingerprint density at radius 2 is 1.15 bits per heavy atom. The van der Waals surface area contributed by atoms with Crippen LogP contribution in [0.5, 0.6) is 0 Å². The summed E-state index contributed by atoms with van der Waals surface area (Å²) in [6.07, 6.45) is 2.64. The summed E-state index contributed by atoms with van der Waals surface area (Å²) in [6.45, 7) is 4.36.